The van der Waals surface area contributed by atoms with Gasteiger partial charge in [0.2, 0.25) is 5.88 Å². The van der Waals surface area contributed by atoms with Gasteiger partial charge in [-0.15, -0.1) is 0 Å². The molecule has 0 atom stereocenters. The van der Waals surface area contributed by atoms with Crippen LogP contribution in [0.4, 0.5) is 0 Å². The minimum atomic E-state index is -1.09. The minimum absolute atomic E-state index is 0.0255. The molecule has 19 heavy (non-hydrogen) atoms. The number of aromatic nitrogens is 1. The van der Waals surface area contributed by atoms with E-state index >= 15 is 0 Å². The third-order valence-corrected chi connectivity index (χ3v) is 2.56. The van der Waals surface area contributed by atoms with Gasteiger partial charge in [-0.2, -0.15) is 0 Å². The van der Waals surface area contributed by atoms with E-state index in [0.29, 0.717) is 10.8 Å². The van der Waals surface area contributed by atoms with E-state index in [1.807, 2.05) is 0 Å². The average molecular weight is 280 g/mol. The number of carboxylic acid groups (broad SMARTS) is 1. The van der Waals surface area contributed by atoms with Gasteiger partial charge < -0.3 is 14.6 Å². The van der Waals surface area contributed by atoms with Crippen molar-refractivity contribution in [2.24, 2.45) is 0 Å². The standard InChI is InChI=1S/C13H10ClNO4/c1-18-9-3-4-10(13(16)17)11(6-9)19-12-5-2-8(14)7-15-12/h2-7H,1H3,(H,16,17). The molecule has 0 amide bonds. The number of hydrogen-bond acceptors (Lipinski definition) is 4. The molecule has 0 fully saturated rings. The summed E-state index contributed by atoms with van der Waals surface area (Å²) in [6.07, 6.45) is 1.41. The van der Waals surface area contributed by atoms with Crippen LogP contribution in [0.15, 0.2) is 36.5 Å². The van der Waals surface area contributed by atoms with E-state index < -0.39 is 5.97 Å². The molecule has 98 valence electrons. The van der Waals surface area contributed by atoms with Crippen LogP contribution in [0.3, 0.4) is 0 Å². The van der Waals surface area contributed by atoms with Gasteiger partial charge in [-0.1, -0.05) is 11.6 Å². The number of aromatic carboxylic acids is 1. The molecule has 1 aromatic carbocycles. The van der Waals surface area contributed by atoms with Crippen molar-refractivity contribution in [1.82, 2.24) is 4.98 Å². The molecule has 2 rings (SSSR count). The number of rotatable bonds is 4. The second-order valence-corrected chi connectivity index (χ2v) is 4.02. The minimum Gasteiger partial charge on any atom is -0.497 e. The fourth-order valence-electron chi connectivity index (χ4n) is 1.43. The third-order valence-electron chi connectivity index (χ3n) is 2.33. The number of nitrogens with zero attached hydrogens (tertiary/aromatic N) is 1. The molecule has 0 spiro atoms. The van der Waals surface area contributed by atoms with Gasteiger partial charge in [0.15, 0.2) is 0 Å². The lowest BCUT2D eigenvalue weighted by Gasteiger charge is -2.09. The van der Waals surface area contributed by atoms with Gasteiger partial charge in [-0.25, -0.2) is 9.78 Å². The predicted molar refractivity (Wildman–Crippen MR) is 69.3 cm³/mol. The van der Waals surface area contributed by atoms with Crippen molar-refractivity contribution < 1.29 is 19.4 Å². The number of pyridine rings is 1. The molecule has 0 saturated carbocycles. The third kappa shape index (κ3) is 3.14. The smallest absolute Gasteiger partial charge is 0.339 e. The summed E-state index contributed by atoms with van der Waals surface area (Å²) in [7, 11) is 1.49. The van der Waals surface area contributed by atoms with Crippen LogP contribution in [0.25, 0.3) is 0 Å². The average Bonchev–Trinajstić information content (AvgIpc) is 2.41. The van der Waals surface area contributed by atoms with Crippen molar-refractivity contribution in [2.75, 3.05) is 7.11 Å². The Labute approximate surface area is 114 Å². The number of hydrogen-bond donors (Lipinski definition) is 1. The van der Waals surface area contributed by atoms with E-state index in [-0.39, 0.29) is 17.2 Å². The van der Waals surface area contributed by atoms with Crippen LogP contribution in [0, 0.1) is 0 Å². The number of benzene rings is 1. The molecular formula is C13H10ClNO4. The second kappa shape index (κ2) is 5.58. The SMILES string of the molecule is COc1ccc(C(=O)O)c(Oc2ccc(Cl)cn2)c1. The number of carboxylic acids is 1. The normalized spacial score (nSPS) is 10.0. The van der Waals surface area contributed by atoms with Crippen molar-refractivity contribution in [2.45, 2.75) is 0 Å². The van der Waals surface area contributed by atoms with Crippen molar-refractivity contribution in [3.05, 3.63) is 47.1 Å². The summed E-state index contributed by atoms with van der Waals surface area (Å²) >= 11 is 5.71. The molecule has 5 nitrogen and oxygen atoms in total. The summed E-state index contributed by atoms with van der Waals surface area (Å²) in [6, 6.07) is 7.59. The maximum Gasteiger partial charge on any atom is 0.339 e. The van der Waals surface area contributed by atoms with Crippen LogP contribution in [-0.4, -0.2) is 23.2 Å². The lowest BCUT2D eigenvalue weighted by molar-refractivity contribution is 0.0694. The molecule has 1 N–H and O–H groups in total. The van der Waals surface area contributed by atoms with Gasteiger partial charge in [0.05, 0.1) is 12.1 Å². The van der Waals surface area contributed by atoms with Crippen LogP contribution < -0.4 is 9.47 Å². The van der Waals surface area contributed by atoms with Gasteiger partial charge in [0.25, 0.3) is 0 Å². The first-order chi connectivity index (χ1) is 9.10. The van der Waals surface area contributed by atoms with Gasteiger partial charge in [-0.05, 0) is 18.2 Å². The van der Waals surface area contributed by atoms with E-state index in [0.717, 1.165) is 0 Å². The lowest BCUT2D eigenvalue weighted by atomic mass is 10.2. The largest absolute Gasteiger partial charge is 0.497 e. The summed E-state index contributed by atoms with van der Waals surface area (Å²) in [5.41, 5.74) is 0.0255. The number of ether oxygens (including phenoxy) is 2. The Morgan fingerprint density at radius 3 is 2.68 bits per heavy atom. The van der Waals surface area contributed by atoms with Crippen LogP contribution in [0.2, 0.25) is 5.02 Å². The Morgan fingerprint density at radius 1 is 1.32 bits per heavy atom. The van der Waals surface area contributed by atoms with Crippen LogP contribution in [0.1, 0.15) is 10.4 Å². The van der Waals surface area contributed by atoms with E-state index in [4.69, 9.17) is 26.2 Å². The number of methoxy groups -OCH3 is 1. The Kier molecular flexibility index (Phi) is 3.87. The zero-order valence-corrected chi connectivity index (χ0v) is 10.7. The first-order valence-electron chi connectivity index (χ1n) is 5.31. The highest BCUT2D eigenvalue weighted by Gasteiger charge is 2.13. The Bertz CT molecular complexity index is 598. The van der Waals surface area contributed by atoms with E-state index in [1.54, 1.807) is 18.2 Å². The first-order valence-corrected chi connectivity index (χ1v) is 5.68. The molecule has 0 radical (unpaired) electrons. The first kappa shape index (κ1) is 13.2. The fourth-order valence-corrected chi connectivity index (χ4v) is 1.54. The maximum atomic E-state index is 11.1. The number of halogens is 1. The summed E-state index contributed by atoms with van der Waals surface area (Å²) < 4.78 is 10.5. The van der Waals surface area contributed by atoms with Crippen molar-refractivity contribution in [3.8, 4) is 17.4 Å². The quantitative estimate of drug-likeness (QED) is 0.930. The highest BCUT2D eigenvalue weighted by molar-refractivity contribution is 6.30. The molecule has 0 aliphatic rings. The Morgan fingerprint density at radius 2 is 2.11 bits per heavy atom. The summed E-state index contributed by atoms with van der Waals surface area (Å²) in [6.45, 7) is 0. The summed E-state index contributed by atoms with van der Waals surface area (Å²) in [5.74, 6) is -0.192. The lowest BCUT2D eigenvalue weighted by Crippen LogP contribution is -2.01. The van der Waals surface area contributed by atoms with Crippen molar-refractivity contribution >= 4 is 17.6 Å². The van der Waals surface area contributed by atoms with Crippen LogP contribution in [0.5, 0.6) is 17.4 Å². The second-order valence-electron chi connectivity index (χ2n) is 3.58. The van der Waals surface area contributed by atoms with Crippen LogP contribution >= 0.6 is 11.6 Å². The van der Waals surface area contributed by atoms with E-state index in [2.05, 4.69) is 4.98 Å². The highest BCUT2D eigenvalue weighted by atomic mass is 35.5. The van der Waals surface area contributed by atoms with Gasteiger partial charge >= 0.3 is 5.97 Å². The molecule has 0 saturated heterocycles. The Hall–Kier alpha value is -2.27. The van der Waals surface area contributed by atoms with E-state index in [9.17, 15) is 4.79 Å². The van der Waals surface area contributed by atoms with Gasteiger partial charge in [0.1, 0.15) is 17.1 Å². The molecule has 6 heteroatoms. The highest BCUT2D eigenvalue weighted by Crippen LogP contribution is 2.28. The molecule has 1 heterocycles. The fraction of sp³-hybridized carbons (Fsp3) is 0.0769. The molecule has 0 unspecified atom stereocenters. The summed E-state index contributed by atoms with van der Waals surface area (Å²) in [4.78, 5) is 15.0. The topological polar surface area (TPSA) is 68.7 Å². The molecule has 0 aliphatic carbocycles. The maximum absolute atomic E-state index is 11.1. The number of carbonyl (C=O) groups is 1. The summed E-state index contributed by atoms with van der Waals surface area (Å²) in [5, 5.41) is 9.56. The molecule has 1 aromatic heterocycles. The zero-order chi connectivity index (χ0) is 13.8. The van der Waals surface area contributed by atoms with Gasteiger partial charge in [-0.3, -0.25) is 0 Å². The Balaban J connectivity index is 2.36. The molecular weight excluding hydrogens is 270 g/mol. The monoisotopic (exact) mass is 279 g/mol. The molecule has 2 aromatic rings. The van der Waals surface area contributed by atoms with Crippen molar-refractivity contribution in [1.29, 1.82) is 0 Å². The van der Waals surface area contributed by atoms with Gasteiger partial charge in [0, 0.05) is 18.3 Å². The molecule has 0 aliphatic heterocycles. The van der Waals surface area contributed by atoms with Crippen LogP contribution in [-0.2, 0) is 0 Å². The predicted octanol–water partition coefficient (Wildman–Crippen LogP) is 3.23. The zero-order valence-electron chi connectivity index (χ0n) is 9.96. The van der Waals surface area contributed by atoms with Crippen molar-refractivity contribution in [3.63, 3.8) is 0 Å². The molecule has 0 bridgehead atoms. The van der Waals surface area contributed by atoms with E-state index in [1.165, 1.54) is 25.4 Å².